The van der Waals surface area contributed by atoms with E-state index in [4.69, 9.17) is 5.73 Å². The highest BCUT2D eigenvalue weighted by Crippen LogP contribution is 2.21. The lowest BCUT2D eigenvalue weighted by Gasteiger charge is -2.09. The first kappa shape index (κ1) is 14.7. The minimum absolute atomic E-state index is 0.0774. The van der Waals surface area contributed by atoms with Crippen LogP contribution in [0.15, 0.2) is 17.0 Å². The van der Waals surface area contributed by atoms with Gasteiger partial charge in [0.05, 0.1) is 6.54 Å². The van der Waals surface area contributed by atoms with E-state index < -0.39 is 39.0 Å². The lowest BCUT2D eigenvalue weighted by atomic mass is 10.3. The van der Waals surface area contributed by atoms with E-state index in [0.717, 1.165) is 18.9 Å². The number of benzene rings is 1. The summed E-state index contributed by atoms with van der Waals surface area (Å²) in [7, 11) is -4.35. The Morgan fingerprint density at radius 2 is 2.00 bits per heavy atom. The molecule has 0 bridgehead atoms. The number of hydrogen-bond acceptors (Lipinski definition) is 4. The lowest BCUT2D eigenvalue weighted by molar-refractivity contribution is -0.120. The molecule has 6 nitrogen and oxygen atoms in total. The quantitative estimate of drug-likeness (QED) is 0.672. The molecule has 4 N–H and O–H groups in total. The molecule has 1 aromatic rings. The van der Waals surface area contributed by atoms with Gasteiger partial charge in [-0.2, -0.15) is 0 Å². The molecule has 0 radical (unpaired) electrons. The number of rotatable bonds is 5. The van der Waals surface area contributed by atoms with Gasteiger partial charge in [-0.15, -0.1) is 0 Å². The van der Waals surface area contributed by atoms with Gasteiger partial charge in [0, 0.05) is 11.7 Å². The van der Waals surface area contributed by atoms with Crippen LogP contribution in [0.5, 0.6) is 0 Å². The van der Waals surface area contributed by atoms with Gasteiger partial charge in [0.2, 0.25) is 15.9 Å². The Labute approximate surface area is 114 Å². The highest BCUT2D eigenvalue weighted by Gasteiger charge is 2.26. The molecule has 1 amide bonds. The molecule has 1 aliphatic rings. The Bertz CT molecular complexity index is 645. The molecule has 0 aliphatic heterocycles. The van der Waals surface area contributed by atoms with Gasteiger partial charge in [0.15, 0.2) is 11.6 Å². The van der Waals surface area contributed by atoms with Gasteiger partial charge in [-0.25, -0.2) is 21.9 Å². The third kappa shape index (κ3) is 3.42. The molecule has 0 saturated heterocycles. The highest BCUT2D eigenvalue weighted by atomic mass is 32.2. The number of anilines is 1. The average Bonchev–Trinajstić information content (AvgIpc) is 3.15. The van der Waals surface area contributed by atoms with E-state index in [9.17, 15) is 22.0 Å². The molecule has 20 heavy (non-hydrogen) atoms. The van der Waals surface area contributed by atoms with Gasteiger partial charge in [0.1, 0.15) is 4.90 Å². The Hall–Kier alpha value is -1.74. The number of nitrogens with two attached hydrogens (primary N) is 1. The number of nitrogen functional groups attached to an aromatic ring is 1. The van der Waals surface area contributed by atoms with Crippen molar-refractivity contribution >= 4 is 21.6 Å². The predicted molar refractivity (Wildman–Crippen MR) is 67.1 cm³/mol. The van der Waals surface area contributed by atoms with E-state index in [2.05, 4.69) is 5.32 Å². The Morgan fingerprint density at radius 3 is 2.60 bits per heavy atom. The molecule has 0 aromatic heterocycles. The molecule has 0 spiro atoms. The summed E-state index contributed by atoms with van der Waals surface area (Å²) in [6.07, 6.45) is 1.71. The summed E-state index contributed by atoms with van der Waals surface area (Å²) in [5, 5.41) is 2.56. The van der Waals surface area contributed by atoms with Gasteiger partial charge in [-0.05, 0) is 25.0 Å². The van der Waals surface area contributed by atoms with Crippen LogP contribution >= 0.6 is 0 Å². The zero-order valence-corrected chi connectivity index (χ0v) is 11.1. The van der Waals surface area contributed by atoms with Gasteiger partial charge in [-0.1, -0.05) is 0 Å². The average molecular weight is 305 g/mol. The van der Waals surface area contributed by atoms with Crippen molar-refractivity contribution in [2.24, 2.45) is 0 Å². The second kappa shape index (κ2) is 5.33. The van der Waals surface area contributed by atoms with Crippen LogP contribution in [0.1, 0.15) is 12.8 Å². The van der Waals surface area contributed by atoms with Crippen molar-refractivity contribution in [3.8, 4) is 0 Å². The molecule has 2 rings (SSSR count). The van der Waals surface area contributed by atoms with Gasteiger partial charge in [0.25, 0.3) is 0 Å². The number of hydrogen-bond donors (Lipinski definition) is 3. The van der Waals surface area contributed by atoms with Crippen molar-refractivity contribution in [2.75, 3.05) is 12.3 Å². The van der Waals surface area contributed by atoms with Gasteiger partial charge < -0.3 is 11.1 Å². The zero-order valence-electron chi connectivity index (χ0n) is 10.3. The largest absolute Gasteiger partial charge is 0.399 e. The van der Waals surface area contributed by atoms with Crippen molar-refractivity contribution in [3.05, 3.63) is 23.8 Å². The summed E-state index contributed by atoms with van der Waals surface area (Å²) in [5.74, 6) is -3.43. The number of nitrogens with one attached hydrogen (secondary N) is 2. The summed E-state index contributed by atoms with van der Waals surface area (Å²) in [6.45, 7) is -0.547. The summed E-state index contributed by atoms with van der Waals surface area (Å²) < 4.78 is 52.1. The standard InChI is InChI=1S/C11H13F2N3O3S/c12-8-3-6(14)4-9(11(8)13)20(18,19)15-5-10(17)16-7-1-2-7/h3-4,7,15H,1-2,5,14H2,(H,16,17). The van der Waals surface area contributed by atoms with Crippen LogP contribution in [0.4, 0.5) is 14.5 Å². The smallest absolute Gasteiger partial charge is 0.244 e. The number of carbonyl (C=O) groups excluding carboxylic acids is 1. The molecular formula is C11H13F2N3O3S. The molecule has 110 valence electrons. The fraction of sp³-hybridized carbons (Fsp3) is 0.364. The first-order valence-corrected chi connectivity index (χ1v) is 7.31. The summed E-state index contributed by atoms with van der Waals surface area (Å²) >= 11 is 0. The van der Waals surface area contributed by atoms with Crippen molar-refractivity contribution < 1.29 is 22.0 Å². The maximum atomic E-state index is 13.5. The van der Waals surface area contributed by atoms with Crippen LogP contribution in [0.3, 0.4) is 0 Å². The van der Waals surface area contributed by atoms with Crippen molar-refractivity contribution in [1.82, 2.24) is 10.0 Å². The van der Waals surface area contributed by atoms with Crippen molar-refractivity contribution in [3.63, 3.8) is 0 Å². The summed E-state index contributed by atoms with van der Waals surface area (Å²) in [5.41, 5.74) is 5.05. The monoisotopic (exact) mass is 305 g/mol. The lowest BCUT2D eigenvalue weighted by Crippen LogP contribution is -2.38. The van der Waals surface area contributed by atoms with E-state index >= 15 is 0 Å². The van der Waals surface area contributed by atoms with Crippen LogP contribution in [-0.2, 0) is 14.8 Å². The molecule has 1 fully saturated rings. The second-order valence-electron chi connectivity index (χ2n) is 4.48. The Morgan fingerprint density at radius 1 is 1.35 bits per heavy atom. The number of carbonyl (C=O) groups is 1. The molecule has 1 aromatic carbocycles. The third-order valence-corrected chi connectivity index (χ3v) is 4.07. The van der Waals surface area contributed by atoms with E-state index in [0.29, 0.717) is 6.07 Å². The topological polar surface area (TPSA) is 101 Å². The minimum Gasteiger partial charge on any atom is -0.399 e. The summed E-state index contributed by atoms with van der Waals surface area (Å²) in [6, 6.07) is 1.54. The second-order valence-corrected chi connectivity index (χ2v) is 6.22. The van der Waals surface area contributed by atoms with E-state index in [1.165, 1.54) is 0 Å². The van der Waals surface area contributed by atoms with Crippen LogP contribution < -0.4 is 15.8 Å². The fourth-order valence-electron chi connectivity index (χ4n) is 1.52. The number of halogens is 2. The highest BCUT2D eigenvalue weighted by molar-refractivity contribution is 7.89. The first-order chi connectivity index (χ1) is 9.29. The van der Waals surface area contributed by atoms with Crippen LogP contribution in [0.2, 0.25) is 0 Å². The maximum Gasteiger partial charge on any atom is 0.244 e. The minimum atomic E-state index is -4.35. The molecule has 0 atom stereocenters. The predicted octanol–water partition coefficient (Wildman–Crippen LogP) is 0.104. The van der Waals surface area contributed by atoms with Crippen LogP contribution in [-0.4, -0.2) is 26.9 Å². The SMILES string of the molecule is Nc1cc(F)c(F)c(S(=O)(=O)NCC(=O)NC2CC2)c1. The molecular weight excluding hydrogens is 292 g/mol. The van der Waals surface area contributed by atoms with Crippen molar-refractivity contribution in [2.45, 2.75) is 23.8 Å². The van der Waals surface area contributed by atoms with Crippen molar-refractivity contribution in [1.29, 1.82) is 0 Å². The van der Waals surface area contributed by atoms with E-state index in [-0.39, 0.29) is 11.7 Å². The normalized spacial score (nSPS) is 15.1. The van der Waals surface area contributed by atoms with Gasteiger partial charge in [-0.3, -0.25) is 4.79 Å². The number of amides is 1. The van der Waals surface area contributed by atoms with Gasteiger partial charge >= 0.3 is 0 Å². The van der Waals surface area contributed by atoms with Crippen LogP contribution in [0, 0.1) is 11.6 Å². The molecule has 0 heterocycles. The Kier molecular flexibility index (Phi) is 3.91. The molecule has 1 aliphatic carbocycles. The van der Waals surface area contributed by atoms with Crippen LogP contribution in [0.25, 0.3) is 0 Å². The first-order valence-electron chi connectivity index (χ1n) is 5.83. The van der Waals surface area contributed by atoms with E-state index in [1.807, 2.05) is 4.72 Å². The number of sulfonamides is 1. The van der Waals surface area contributed by atoms with E-state index in [1.54, 1.807) is 0 Å². The third-order valence-electron chi connectivity index (χ3n) is 2.67. The summed E-state index contributed by atoms with van der Waals surface area (Å²) in [4.78, 5) is 10.4. The maximum absolute atomic E-state index is 13.5. The molecule has 1 saturated carbocycles. The zero-order chi connectivity index (χ0) is 14.9. The molecule has 9 heteroatoms. The fourth-order valence-corrected chi connectivity index (χ4v) is 2.63. The molecule has 0 unspecified atom stereocenters. The Balaban J connectivity index is 2.11.